The van der Waals surface area contributed by atoms with E-state index >= 15 is 4.39 Å². The molecule has 2 atom stereocenters. The van der Waals surface area contributed by atoms with Crippen LogP contribution in [0.15, 0.2) is 41.7 Å². The summed E-state index contributed by atoms with van der Waals surface area (Å²) in [6.07, 6.45) is 1.27. The summed E-state index contributed by atoms with van der Waals surface area (Å²) in [5.74, 6) is -3.30. The van der Waals surface area contributed by atoms with Crippen molar-refractivity contribution in [1.82, 2.24) is 29.4 Å². The fourth-order valence-electron chi connectivity index (χ4n) is 6.12. The van der Waals surface area contributed by atoms with E-state index in [1.54, 1.807) is 17.9 Å². The lowest BCUT2D eigenvalue weighted by Crippen LogP contribution is -2.58. The summed E-state index contributed by atoms with van der Waals surface area (Å²) in [5, 5.41) is 21.0. The molecule has 1 amide bonds. The van der Waals surface area contributed by atoms with Crippen LogP contribution < -0.4 is 10.6 Å². The van der Waals surface area contributed by atoms with Crippen LogP contribution in [0.1, 0.15) is 80.9 Å². The Morgan fingerprint density at radius 1 is 1.02 bits per heavy atom. The van der Waals surface area contributed by atoms with Gasteiger partial charge in [0, 0.05) is 25.2 Å². The molecule has 3 aromatic heterocycles. The van der Waals surface area contributed by atoms with Crippen LogP contribution >= 0.6 is 0 Å². The second-order valence-corrected chi connectivity index (χ2v) is 12.5. The van der Waals surface area contributed by atoms with Gasteiger partial charge in [-0.05, 0) is 62.4 Å². The van der Waals surface area contributed by atoms with E-state index in [0.29, 0.717) is 41.2 Å². The van der Waals surface area contributed by atoms with Crippen LogP contribution in [0.25, 0.3) is 28.0 Å². The first-order valence-corrected chi connectivity index (χ1v) is 15.4. The number of hydrogen-bond acceptors (Lipinski definition) is 9. The summed E-state index contributed by atoms with van der Waals surface area (Å²) >= 11 is 0. The molecular weight excluding hydrogens is 605 g/mol. The molecule has 1 aliphatic heterocycles. The summed E-state index contributed by atoms with van der Waals surface area (Å²) in [7, 11) is 0. The molecule has 0 unspecified atom stereocenters. The number of aromatic nitrogens is 5. The number of piperazine rings is 1. The number of pyridine rings is 1. The van der Waals surface area contributed by atoms with Gasteiger partial charge in [0.05, 0.1) is 33.7 Å². The summed E-state index contributed by atoms with van der Waals surface area (Å²) in [4.78, 5) is 60.8. The molecule has 2 N–H and O–H groups in total. The highest BCUT2D eigenvalue weighted by molar-refractivity contribution is 5.92. The molecule has 0 bridgehead atoms. The summed E-state index contributed by atoms with van der Waals surface area (Å²) in [5.41, 5.74) is 0.714. The molecule has 0 aliphatic carbocycles. The van der Waals surface area contributed by atoms with Crippen LogP contribution in [0.4, 0.5) is 10.2 Å². The fraction of sp³-hybridized carbons (Fsp3) is 0.382. The van der Waals surface area contributed by atoms with E-state index in [-0.39, 0.29) is 58.2 Å². The number of carbonyl (C=O) groups is 2. The number of carboxylic acid groups (broad SMARTS) is 1. The molecule has 12 nitrogen and oxygen atoms in total. The Bertz CT molecular complexity index is 1940. The number of nitrogens with zero attached hydrogens (tertiary/aromatic N) is 7. The number of carbonyl (C=O) groups excluding carboxylic acids is 1. The monoisotopic (exact) mass is 643 g/mol. The zero-order valence-corrected chi connectivity index (χ0v) is 27.4. The molecule has 13 heteroatoms. The number of fused-ring (bicyclic) bond motifs is 1. The van der Waals surface area contributed by atoms with Crippen LogP contribution in [0.2, 0.25) is 0 Å². The Morgan fingerprint density at radius 2 is 1.66 bits per heavy atom. The van der Waals surface area contributed by atoms with Crippen LogP contribution in [-0.2, 0) is 4.79 Å². The lowest BCUT2D eigenvalue weighted by atomic mass is 10.00. The van der Waals surface area contributed by atoms with Gasteiger partial charge >= 0.3 is 11.7 Å². The van der Waals surface area contributed by atoms with Gasteiger partial charge in [-0.15, -0.1) is 0 Å². The van der Waals surface area contributed by atoms with Crippen molar-refractivity contribution in [3.8, 4) is 22.7 Å². The lowest BCUT2D eigenvalue weighted by molar-refractivity contribution is -0.128. The molecule has 4 aromatic rings. The van der Waals surface area contributed by atoms with Gasteiger partial charge in [-0.3, -0.25) is 4.79 Å². The number of aromatic carboxylic acids is 1. The number of rotatable bonds is 7. The maximum atomic E-state index is 15.3. The molecule has 4 heterocycles. The zero-order valence-electron chi connectivity index (χ0n) is 27.4. The minimum atomic E-state index is -1.31. The van der Waals surface area contributed by atoms with Gasteiger partial charge in [0.1, 0.15) is 17.4 Å². The fourth-order valence-corrected chi connectivity index (χ4v) is 6.12. The predicted molar refractivity (Wildman–Crippen MR) is 176 cm³/mol. The predicted octanol–water partition coefficient (Wildman–Crippen LogP) is 4.95. The minimum absolute atomic E-state index is 0.100. The van der Waals surface area contributed by atoms with E-state index in [1.807, 2.05) is 46.4 Å². The van der Waals surface area contributed by atoms with Gasteiger partial charge in [-0.2, -0.15) is 4.98 Å². The third kappa shape index (κ3) is 5.81. The highest BCUT2D eigenvalue weighted by Crippen LogP contribution is 2.38. The third-order valence-corrected chi connectivity index (χ3v) is 8.43. The summed E-state index contributed by atoms with van der Waals surface area (Å²) in [6, 6.07) is 5.20. The number of benzene rings is 1. The highest BCUT2D eigenvalue weighted by Gasteiger charge is 2.35. The van der Waals surface area contributed by atoms with Crippen molar-refractivity contribution in [2.75, 3.05) is 18.0 Å². The van der Waals surface area contributed by atoms with E-state index in [2.05, 4.69) is 21.5 Å². The number of amides is 1. The smallest absolute Gasteiger partial charge is 0.373 e. The first kappa shape index (κ1) is 33.2. The Balaban J connectivity index is 1.91. The molecule has 0 radical (unpaired) electrons. The summed E-state index contributed by atoms with van der Waals surface area (Å²) in [6.45, 7) is 17.2. The average molecular weight is 644 g/mol. The standard InChI is InChI=1S/C34H38FN7O5/c1-9-24(44)40-14-20(8)41(15-19(40)7)31-21-13-18(6)28(25-22(35)11-10-12-23(25)43)38-32(21)42(34(47)39-31)29-26(16(2)3)36-30(33(45)46)37-27(29)17(4)5/h9-13,16-17,19-20,43H,1,14-15H2,2-8H3,(H,45,46)/t19-,20+/m1/s1. The molecule has 1 fully saturated rings. The molecule has 246 valence electrons. The first-order chi connectivity index (χ1) is 22.2. The van der Waals surface area contributed by atoms with Crippen LogP contribution in [0.5, 0.6) is 5.75 Å². The molecule has 0 saturated carbocycles. The first-order valence-electron chi connectivity index (χ1n) is 15.4. The maximum absolute atomic E-state index is 15.3. The third-order valence-electron chi connectivity index (χ3n) is 8.43. The molecule has 1 saturated heterocycles. The molecule has 1 aromatic carbocycles. The maximum Gasteiger partial charge on any atom is 0.373 e. The lowest BCUT2D eigenvalue weighted by Gasteiger charge is -2.44. The van der Waals surface area contributed by atoms with E-state index in [1.165, 1.54) is 28.8 Å². The molecule has 1 aliphatic rings. The topological polar surface area (TPSA) is 155 Å². The number of phenols is 1. The zero-order chi connectivity index (χ0) is 34.5. The number of aryl methyl sites for hydroxylation is 1. The Morgan fingerprint density at radius 3 is 2.21 bits per heavy atom. The van der Waals surface area contributed by atoms with Gasteiger partial charge in [-0.1, -0.05) is 40.3 Å². The molecule has 47 heavy (non-hydrogen) atoms. The number of carboxylic acids is 1. The second-order valence-electron chi connectivity index (χ2n) is 12.5. The molecule has 5 rings (SSSR count). The summed E-state index contributed by atoms with van der Waals surface area (Å²) < 4.78 is 16.5. The molecular formula is C34H38FN7O5. The SMILES string of the molecule is C=CC(=O)N1C[C@H](C)N(c2nc(=O)n(-c3c(C(C)C)nc(C(=O)O)nc3C(C)C)c3nc(-c4c(O)cccc4F)c(C)cc23)C[C@H]1C. The van der Waals surface area contributed by atoms with E-state index < -0.39 is 23.3 Å². The second kappa shape index (κ2) is 12.5. The molecule has 0 spiro atoms. The number of phenolic OH excluding ortho intramolecular Hbond substituents is 1. The van der Waals surface area contributed by atoms with Crippen molar-refractivity contribution >= 4 is 28.7 Å². The Labute approximate surface area is 271 Å². The number of hydrogen-bond donors (Lipinski definition) is 2. The number of aromatic hydroxyl groups is 1. The van der Waals surface area contributed by atoms with Crippen LogP contribution in [0.3, 0.4) is 0 Å². The van der Waals surface area contributed by atoms with Crippen molar-refractivity contribution in [2.24, 2.45) is 0 Å². The van der Waals surface area contributed by atoms with Crippen molar-refractivity contribution in [2.45, 2.75) is 72.4 Å². The van der Waals surface area contributed by atoms with Gasteiger partial charge in [0.2, 0.25) is 11.7 Å². The van der Waals surface area contributed by atoms with Crippen molar-refractivity contribution in [3.05, 3.63) is 76.0 Å². The number of halogens is 1. The Kier molecular flexibility index (Phi) is 8.85. The van der Waals surface area contributed by atoms with Gasteiger partial charge in [0.15, 0.2) is 5.65 Å². The normalized spacial score (nSPS) is 16.7. The van der Waals surface area contributed by atoms with Gasteiger partial charge in [0.25, 0.3) is 0 Å². The van der Waals surface area contributed by atoms with Crippen LogP contribution in [-0.4, -0.2) is 76.7 Å². The van der Waals surface area contributed by atoms with Crippen molar-refractivity contribution in [1.29, 1.82) is 0 Å². The van der Waals surface area contributed by atoms with E-state index in [0.717, 1.165) is 0 Å². The van der Waals surface area contributed by atoms with Crippen molar-refractivity contribution < 1.29 is 24.2 Å². The van der Waals surface area contributed by atoms with Gasteiger partial charge in [-0.25, -0.2) is 33.5 Å². The van der Waals surface area contributed by atoms with Crippen molar-refractivity contribution in [3.63, 3.8) is 0 Å². The quantitative estimate of drug-likeness (QED) is 0.265. The largest absolute Gasteiger partial charge is 0.507 e. The average Bonchev–Trinajstić information content (AvgIpc) is 3.01. The van der Waals surface area contributed by atoms with Gasteiger partial charge < -0.3 is 20.0 Å². The number of anilines is 1. The van der Waals surface area contributed by atoms with Crippen LogP contribution in [0, 0.1) is 12.7 Å². The highest BCUT2D eigenvalue weighted by atomic mass is 19.1. The Hall–Kier alpha value is -5.20. The minimum Gasteiger partial charge on any atom is -0.507 e. The van der Waals surface area contributed by atoms with E-state index in [9.17, 15) is 24.6 Å². The van der Waals surface area contributed by atoms with E-state index in [4.69, 9.17) is 4.98 Å².